The van der Waals surface area contributed by atoms with Crippen LogP contribution in [0, 0.1) is 5.82 Å². The van der Waals surface area contributed by atoms with Crippen molar-refractivity contribution in [1.29, 1.82) is 0 Å². The molecule has 0 unspecified atom stereocenters. The summed E-state index contributed by atoms with van der Waals surface area (Å²) in [6.45, 7) is 0.979. The molecule has 4 rings (SSSR count). The number of nitrogens with zero attached hydrogens (tertiary/aromatic N) is 4. The molecule has 1 aliphatic heterocycles. The Hall–Kier alpha value is -2.15. The third-order valence-electron chi connectivity index (χ3n) is 6.00. The molecule has 1 saturated carbocycles. The Morgan fingerprint density at radius 2 is 1.86 bits per heavy atom. The van der Waals surface area contributed by atoms with E-state index in [-0.39, 0.29) is 34.1 Å². The number of carbonyl (C=O) groups is 1. The topological polar surface area (TPSA) is 60.1 Å². The molecule has 2 aliphatic rings. The van der Waals surface area contributed by atoms with Gasteiger partial charge >= 0.3 is 5.69 Å². The summed E-state index contributed by atoms with van der Waals surface area (Å²) in [5, 5.41) is 4.65. The van der Waals surface area contributed by atoms with Crippen LogP contribution in [-0.2, 0) is 7.05 Å². The second-order valence-corrected chi connectivity index (χ2v) is 8.14. The molecule has 2 heterocycles. The van der Waals surface area contributed by atoms with Crippen molar-refractivity contribution < 1.29 is 9.18 Å². The van der Waals surface area contributed by atoms with Gasteiger partial charge in [0.2, 0.25) is 0 Å². The average Bonchev–Trinajstić information content (AvgIpc) is 3.30. The molecule has 8 heteroatoms. The molecule has 0 bridgehead atoms. The first-order chi connectivity index (χ1) is 13.5. The van der Waals surface area contributed by atoms with Crippen molar-refractivity contribution in [2.75, 3.05) is 13.1 Å². The number of hydrogen-bond acceptors (Lipinski definition) is 3. The number of piperidine rings is 1. The van der Waals surface area contributed by atoms with Crippen molar-refractivity contribution in [3.05, 3.63) is 50.9 Å². The SMILES string of the molecule is Cn1nc(C2CCN(C(=O)c3c(F)cccc3Cl)CC2)n(C2CCCC2)c1=O. The van der Waals surface area contributed by atoms with Crippen molar-refractivity contribution in [2.24, 2.45) is 7.05 Å². The summed E-state index contributed by atoms with van der Waals surface area (Å²) in [6, 6.07) is 4.50. The van der Waals surface area contributed by atoms with E-state index in [0.29, 0.717) is 25.9 Å². The number of carbonyl (C=O) groups excluding carboxylic acids is 1. The van der Waals surface area contributed by atoms with Gasteiger partial charge in [-0.15, -0.1) is 0 Å². The second kappa shape index (κ2) is 7.70. The molecule has 150 valence electrons. The minimum absolute atomic E-state index is 0.0569. The van der Waals surface area contributed by atoms with Crippen LogP contribution in [0.5, 0.6) is 0 Å². The largest absolute Gasteiger partial charge is 0.345 e. The fraction of sp³-hybridized carbons (Fsp3) is 0.550. The fourth-order valence-electron chi connectivity index (χ4n) is 4.48. The third kappa shape index (κ3) is 3.36. The first-order valence-electron chi connectivity index (χ1n) is 9.86. The summed E-state index contributed by atoms with van der Waals surface area (Å²) in [5.74, 6) is -0.0276. The molecule has 2 aromatic rings. The highest BCUT2D eigenvalue weighted by Gasteiger charge is 2.32. The minimum atomic E-state index is -0.598. The molecule has 1 aliphatic carbocycles. The van der Waals surface area contributed by atoms with Gasteiger partial charge in [-0.25, -0.2) is 13.9 Å². The van der Waals surface area contributed by atoms with E-state index in [1.165, 1.54) is 22.9 Å². The van der Waals surface area contributed by atoms with Gasteiger partial charge in [-0.05, 0) is 37.8 Å². The molecule has 0 atom stereocenters. The van der Waals surface area contributed by atoms with Gasteiger partial charge < -0.3 is 4.90 Å². The van der Waals surface area contributed by atoms with Crippen LogP contribution in [0.3, 0.4) is 0 Å². The maximum absolute atomic E-state index is 14.1. The lowest BCUT2D eigenvalue weighted by Crippen LogP contribution is -2.39. The number of benzene rings is 1. The molecule has 0 spiro atoms. The first kappa shape index (κ1) is 19.2. The number of hydrogen-bond donors (Lipinski definition) is 0. The summed E-state index contributed by atoms with van der Waals surface area (Å²) in [5.41, 5.74) is -0.123. The lowest BCUT2D eigenvalue weighted by molar-refractivity contribution is 0.0705. The van der Waals surface area contributed by atoms with Crippen LogP contribution in [0.15, 0.2) is 23.0 Å². The van der Waals surface area contributed by atoms with E-state index >= 15 is 0 Å². The minimum Gasteiger partial charge on any atom is -0.338 e. The van der Waals surface area contributed by atoms with Crippen molar-refractivity contribution in [3.63, 3.8) is 0 Å². The van der Waals surface area contributed by atoms with Gasteiger partial charge in [0, 0.05) is 32.1 Å². The van der Waals surface area contributed by atoms with Gasteiger partial charge in [0.25, 0.3) is 5.91 Å². The van der Waals surface area contributed by atoms with E-state index in [4.69, 9.17) is 11.6 Å². The van der Waals surface area contributed by atoms with Crippen LogP contribution in [0.4, 0.5) is 4.39 Å². The molecule has 1 amide bonds. The molecule has 0 N–H and O–H groups in total. The number of aromatic nitrogens is 3. The molecule has 1 aromatic carbocycles. The lowest BCUT2D eigenvalue weighted by atomic mass is 9.95. The molecule has 0 radical (unpaired) electrons. The highest BCUT2D eigenvalue weighted by molar-refractivity contribution is 6.33. The molecular weight excluding hydrogens is 383 g/mol. The zero-order valence-corrected chi connectivity index (χ0v) is 16.7. The van der Waals surface area contributed by atoms with Crippen LogP contribution < -0.4 is 5.69 Å². The predicted molar refractivity (Wildman–Crippen MR) is 104 cm³/mol. The zero-order valence-electron chi connectivity index (χ0n) is 15.9. The van der Waals surface area contributed by atoms with Crippen LogP contribution in [-0.4, -0.2) is 38.2 Å². The third-order valence-corrected chi connectivity index (χ3v) is 6.31. The van der Waals surface area contributed by atoms with Crippen molar-refractivity contribution in [2.45, 2.75) is 50.5 Å². The Labute approximate surface area is 167 Å². The monoisotopic (exact) mass is 406 g/mol. The summed E-state index contributed by atoms with van der Waals surface area (Å²) in [6.07, 6.45) is 5.70. The maximum atomic E-state index is 14.1. The average molecular weight is 407 g/mol. The molecule has 1 aromatic heterocycles. The maximum Gasteiger partial charge on any atom is 0.345 e. The van der Waals surface area contributed by atoms with Crippen LogP contribution in [0.2, 0.25) is 5.02 Å². The molecule has 1 saturated heterocycles. The summed E-state index contributed by atoms with van der Waals surface area (Å²) in [4.78, 5) is 27.0. The Balaban J connectivity index is 1.51. The smallest absolute Gasteiger partial charge is 0.338 e. The van der Waals surface area contributed by atoms with Gasteiger partial charge in [-0.2, -0.15) is 5.10 Å². The Morgan fingerprint density at radius 1 is 1.18 bits per heavy atom. The highest BCUT2D eigenvalue weighted by Crippen LogP contribution is 2.34. The van der Waals surface area contributed by atoms with Crippen molar-refractivity contribution in [3.8, 4) is 0 Å². The van der Waals surface area contributed by atoms with E-state index in [9.17, 15) is 14.0 Å². The summed E-state index contributed by atoms with van der Waals surface area (Å²) < 4.78 is 17.4. The molecule has 28 heavy (non-hydrogen) atoms. The lowest BCUT2D eigenvalue weighted by Gasteiger charge is -2.32. The van der Waals surface area contributed by atoms with Crippen molar-refractivity contribution >= 4 is 17.5 Å². The summed E-state index contributed by atoms with van der Waals surface area (Å²) >= 11 is 6.04. The van der Waals surface area contributed by atoms with Gasteiger partial charge in [-0.1, -0.05) is 30.5 Å². The van der Waals surface area contributed by atoms with Crippen molar-refractivity contribution in [1.82, 2.24) is 19.2 Å². The quantitative estimate of drug-likeness (QED) is 0.783. The van der Waals surface area contributed by atoms with E-state index in [1.54, 1.807) is 11.9 Å². The Morgan fingerprint density at radius 3 is 2.50 bits per heavy atom. The number of halogens is 2. The molecule has 6 nitrogen and oxygen atoms in total. The standard InChI is InChI=1S/C20H24ClFN4O2/c1-24-20(28)26(14-5-2-3-6-14)18(23-24)13-9-11-25(12-10-13)19(27)17-15(21)7-4-8-16(17)22/h4,7-8,13-14H,2-3,5-6,9-12H2,1H3. The van der Waals surface area contributed by atoms with Crippen LogP contribution in [0.25, 0.3) is 0 Å². The Bertz CT molecular complexity index is 920. The van der Waals surface area contributed by atoms with Crippen LogP contribution in [0.1, 0.15) is 66.7 Å². The van der Waals surface area contributed by atoms with Gasteiger partial charge in [0.1, 0.15) is 11.6 Å². The molecular formula is C20H24ClFN4O2. The number of aryl methyl sites for hydroxylation is 1. The molecule has 2 fully saturated rings. The van der Waals surface area contributed by atoms with Crippen LogP contribution >= 0.6 is 11.6 Å². The normalized spacial score (nSPS) is 18.8. The van der Waals surface area contributed by atoms with E-state index in [1.807, 2.05) is 4.57 Å². The fourth-order valence-corrected chi connectivity index (χ4v) is 4.73. The van der Waals surface area contributed by atoms with E-state index in [2.05, 4.69) is 5.10 Å². The van der Waals surface area contributed by atoms with Gasteiger partial charge in [-0.3, -0.25) is 9.36 Å². The first-order valence-corrected chi connectivity index (χ1v) is 10.2. The van der Waals surface area contributed by atoms with E-state index < -0.39 is 5.82 Å². The highest BCUT2D eigenvalue weighted by atomic mass is 35.5. The zero-order chi connectivity index (χ0) is 19.8. The van der Waals surface area contributed by atoms with Gasteiger partial charge in [0.15, 0.2) is 0 Å². The number of rotatable bonds is 3. The summed E-state index contributed by atoms with van der Waals surface area (Å²) in [7, 11) is 1.69. The Kier molecular flexibility index (Phi) is 5.27. The second-order valence-electron chi connectivity index (χ2n) is 7.74. The van der Waals surface area contributed by atoms with Gasteiger partial charge in [0.05, 0.1) is 10.6 Å². The number of amides is 1. The van der Waals surface area contributed by atoms with E-state index in [0.717, 1.165) is 31.5 Å². The predicted octanol–water partition coefficient (Wildman–Crippen LogP) is 3.51. The number of likely N-dealkylation sites (tertiary alicyclic amines) is 1.